The molecule has 2 rings (SSSR count). The van der Waals surface area contributed by atoms with Crippen molar-refractivity contribution in [3.63, 3.8) is 0 Å². The lowest BCUT2D eigenvalue weighted by molar-refractivity contribution is 0.121. The van der Waals surface area contributed by atoms with Gasteiger partial charge >= 0.3 is 0 Å². The van der Waals surface area contributed by atoms with Crippen LogP contribution in [0.3, 0.4) is 0 Å². The van der Waals surface area contributed by atoms with E-state index >= 15 is 0 Å². The van der Waals surface area contributed by atoms with E-state index in [1.165, 1.54) is 77.0 Å². The molecule has 0 aliphatic rings. The molecule has 0 amide bonds. The van der Waals surface area contributed by atoms with Gasteiger partial charge < -0.3 is 18.9 Å². The van der Waals surface area contributed by atoms with E-state index in [-0.39, 0.29) is 9.65 Å². The quantitative estimate of drug-likeness (QED) is 0.0629. The van der Waals surface area contributed by atoms with Gasteiger partial charge in [0.15, 0.2) is 0 Å². The molecular weight excluding hydrogens is 988 g/mol. The summed E-state index contributed by atoms with van der Waals surface area (Å²) < 4.78 is 27.7. The van der Waals surface area contributed by atoms with Crippen LogP contribution in [0.15, 0.2) is 42.2 Å². The van der Waals surface area contributed by atoms with Gasteiger partial charge in [-0.2, -0.15) is 0 Å². The summed E-state index contributed by atoms with van der Waals surface area (Å²) in [6.45, 7) is 8.45. The second-order valence-electron chi connectivity index (χ2n) is 12.2. The minimum atomic E-state index is 0.128. The van der Waals surface area contributed by atoms with Crippen molar-refractivity contribution in [1.29, 1.82) is 0 Å². The molecule has 0 radical (unpaired) electrons. The van der Waals surface area contributed by atoms with Crippen LogP contribution < -0.4 is 9.47 Å². The maximum atomic E-state index is 6.16. The van der Waals surface area contributed by atoms with Gasteiger partial charge in [-0.05, 0) is 118 Å². The highest BCUT2D eigenvalue weighted by molar-refractivity contribution is 9.11. The zero-order valence-electron chi connectivity index (χ0n) is 28.2. The first-order valence-electron chi connectivity index (χ1n) is 17.4. The molecule has 0 aromatic heterocycles. The third kappa shape index (κ3) is 19.9. The van der Waals surface area contributed by atoms with Crippen molar-refractivity contribution in [2.45, 2.75) is 120 Å². The van der Waals surface area contributed by atoms with E-state index in [2.05, 4.69) is 134 Å². The van der Waals surface area contributed by atoms with Crippen molar-refractivity contribution in [2.75, 3.05) is 39.6 Å². The van der Waals surface area contributed by atoms with Gasteiger partial charge in [-0.3, -0.25) is 0 Å². The summed E-state index contributed by atoms with van der Waals surface area (Å²) in [6, 6.07) is 8.48. The lowest BCUT2D eigenvalue weighted by Gasteiger charge is -2.17. The lowest BCUT2D eigenvalue weighted by atomic mass is 10.0. The summed E-state index contributed by atoms with van der Waals surface area (Å²) in [6.07, 6.45) is 18.8. The van der Waals surface area contributed by atoms with Crippen molar-refractivity contribution in [3.8, 4) is 11.5 Å². The van der Waals surface area contributed by atoms with Gasteiger partial charge in [-0.15, -0.1) is 0 Å². The molecule has 0 fully saturated rings. The van der Waals surface area contributed by atoms with Crippen LogP contribution in [0, 0.1) is 0 Å². The Morgan fingerprint density at radius 3 is 1.13 bits per heavy atom. The van der Waals surface area contributed by atoms with E-state index in [0.29, 0.717) is 26.4 Å². The van der Waals surface area contributed by atoms with Gasteiger partial charge in [0.25, 0.3) is 0 Å². The molecule has 0 aliphatic heterocycles. The van der Waals surface area contributed by atoms with Gasteiger partial charge in [-0.1, -0.05) is 123 Å². The first kappa shape index (κ1) is 44.0. The SMILES string of the molecule is CCCCCCCCCOCC(Br)COc1c(Br)cc(Cc2cc(Br)c(OCC(Br)COCCCCCCCCC)c(Br)c2)cc1Br. The van der Waals surface area contributed by atoms with Gasteiger partial charge in [0.2, 0.25) is 0 Å². The topological polar surface area (TPSA) is 36.9 Å². The molecule has 0 saturated carbocycles. The standard InChI is InChI=1S/C37H54Br6O4/c1-3-5-7-9-11-13-15-17-44-24-30(38)26-46-36-32(40)20-28(21-33(36)41)19-29-22-34(42)37(35(43)23-29)47-27-31(39)25-45-18-16-14-12-10-8-6-4-2/h20-23,30-31H,3-19,24-27H2,1-2H3. The third-order valence-electron chi connectivity index (χ3n) is 7.72. The molecule has 4 nitrogen and oxygen atoms in total. The Morgan fingerprint density at radius 1 is 0.468 bits per heavy atom. The van der Waals surface area contributed by atoms with E-state index in [0.717, 1.165) is 73.0 Å². The summed E-state index contributed by atoms with van der Waals surface area (Å²) in [5, 5.41) is 0. The molecular formula is C37H54Br6O4. The van der Waals surface area contributed by atoms with E-state index < -0.39 is 0 Å². The average Bonchev–Trinajstić information content (AvgIpc) is 3.02. The normalized spacial score (nSPS) is 12.8. The van der Waals surface area contributed by atoms with Crippen molar-refractivity contribution < 1.29 is 18.9 Å². The number of halogens is 6. The van der Waals surface area contributed by atoms with Crippen molar-refractivity contribution in [1.82, 2.24) is 0 Å². The number of unbranched alkanes of at least 4 members (excludes halogenated alkanes) is 12. The van der Waals surface area contributed by atoms with E-state index in [1.807, 2.05) is 0 Å². The maximum absolute atomic E-state index is 6.16. The Balaban J connectivity index is 1.74. The predicted octanol–water partition coefficient (Wildman–Crippen LogP) is 14.1. The smallest absolute Gasteiger partial charge is 0.147 e. The highest BCUT2D eigenvalue weighted by Crippen LogP contribution is 2.38. The molecule has 0 aliphatic carbocycles. The summed E-state index contributed by atoms with van der Waals surface area (Å²) >= 11 is 22.3. The van der Waals surface area contributed by atoms with E-state index in [4.69, 9.17) is 18.9 Å². The molecule has 0 spiro atoms. The molecule has 2 unspecified atom stereocenters. The number of ether oxygens (including phenoxy) is 4. The first-order chi connectivity index (χ1) is 22.7. The number of hydrogen-bond acceptors (Lipinski definition) is 4. The van der Waals surface area contributed by atoms with E-state index in [1.54, 1.807) is 0 Å². The van der Waals surface area contributed by atoms with Gasteiger partial charge in [0.1, 0.15) is 24.7 Å². The van der Waals surface area contributed by atoms with E-state index in [9.17, 15) is 0 Å². The van der Waals surface area contributed by atoms with Crippen molar-refractivity contribution >= 4 is 95.6 Å². The monoisotopic (exact) mass is 1040 g/mol. The predicted molar refractivity (Wildman–Crippen MR) is 221 cm³/mol. The van der Waals surface area contributed by atoms with Crippen LogP contribution in [-0.4, -0.2) is 49.3 Å². The Morgan fingerprint density at radius 2 is 0.787 bits per heavy atom. The van der Waals surface area contributed by atoms with Gasteiger partial charge in [-0.25, -0.2) is 0 Å². The first-order valence-corrected chi connectivity index (χ1v) is 22.4. The second-order valence-corrected chi connectivity index (χ2v) is 18.2. The molecule has 2 aromatic carbocycles. The number of rotatable bonds is 28. The van der Waals surface area contributed by atoms with Crippen molar-refractivity contribution in [3.05, 3.63) is 53.3 Å². The number of benzene rings is 2. The summed E-state index contributed by atoms with van der Waals surface area (Å²) in [4.78, 5) is 0.256. The molecule has 0 saturated heterocycles. The Hall–Kier alpha value is 0.840. The highest BCUT2D eigenvalue weighted by Gasteiger charge is 2.15. The molecule has 2 atom stereocenters. The lowest BCUT2D eigenvalue weighted by Crippen LogP contribution is -2.18. The maximum Gasteiger partial charge on any atom is 0.147 e. The van der Waals surface area contributed by atoms with Gasteiger partial charge in [0.05, 0.1) is 40.8 Å². The summed E-state index contributed by atoms with van der Waals surface area (Å²) in [5.41, 5.74) is 2.33. The minimum Gasteiger partial charge on any atom is -0.490 e. The van der Waals surface area contributed by atoms with Crippen LogP contribution in [0.5, 0.6) is 11.5 Å². The zero-order chi connectivity index (χ0) is 34.3. The molecule has 0 N–H and O–H groups in total. The fraction of sp³-hybridized carbons (Fsp3) is 0.676. The van der Waals surface area contributed by atoms with Crippen LogP contribution in [0.25, 0.3) is 0 Å². The van der Waals surface area contributed by atoms with Crippen LogP contribution >= 0.6 is 95.6 Å². The van der Waals surface area contributed by atoms with Crippen LogP contribution in [0.2, 0.25) is 0 Å². The molecule has 47 heavy (non-hydrogen) atoms. The fourth-order valence-electron chi connectivity index (χ4n) is 5.13. The summed E-state index contributed by atoms with van der Waals surface area (Å²) in [7, 11) is 0. The number of alkyl halides is 2. The Labute approximate surface area is 335 Å². The largest absolute Gasteiger partial charge is 0.490 e. The molecule has 268 valence electrons. The molecule has 0 bridgehead atoms. The highest BCUT2D eigenvalue weighted by atomic mass is 79.9. The fourth-order valence-corrected chi connectivity index (χ4v) is 8.79. The molecule has 10 heteroatoms. The third-order valence-corrected chi connectivity index (χ3v) is 11.1. The Bertz CT molecular complexity index is 987. The van der Waals surface area contributed by atoms with Crippen LogP contribution in [0.4, 0.5) is 0 Å². The minimum absolute atomic E-state index is 0.128. The zero-order valence-corrected chi connectivity index (χ0v) is 37.7. The van der Waals surface area contributed by atoms with Gasteiger partial charge in [0, 0.05) is 13.2 Å². The van der Waals surface area contributed by atoms with Crippen LogP contribution in [0.1, 0.15) is 115 Å². The number of hydrogen-bond donors (Lipinski definition) is 0. The van der Waals surface area contributed by atoms with Crippen molar-refractivity contribution in [2.24, 2.45) is 0 Å². The second kappa shape index (κ2) is 27.5. The summed E-state index contributed by atoms with van der Waals surface area (Å²) in [5.74, 6) is 1.60. The molecule has 2 aromatic rings. The average molecular weight is 1040 g/mol. The van der Waals surface area contributed by atoms with Crippen LogP contribution in [-0.2, 0) is 15.9 Å². The molecule has 0 heterocycles. The Kier molecular flexibility index (Phi) is 25.7.